The Morgan fingerprint density at radius 1 is 0.639 bits per heavy atom. The van der Waals surface area contributed by atoms with Crippen LogP contribution < -0.4 is 0 Å². The van der Waals surface area contributed by atoms with E-state index in [1.807, 2.05) is 0 Å². The van der Waals surface area contributed by atoms with Gasteiger partial charge in [0.05, 0.1) is 12.7 Å². The second-order valence-corrected chi connectivity index (χ2v) is 26.2. The van der Waals surface area contributed by atoms with Crippen molar-refractivity contribution in [1.82, 2.24) is 0 Å². The average molecular weight is 1060 g/mol. The first kappa shape index (κ1) is 66.3. The van der Waals surface area contributed by atoms with Crippen LogP contribution in [0.3, 0.4) is 0 Å². The number of carbonyl (C=O) groups excluding carboxylic acids is 2. The van der Waals surface area contributed by atoms with Gasteiger partial charge in [0.2, 0.25) is 0 Å². The van der Waals surface area contributed by atoms with Crippen molar-refractivity contribution < 1.29 is 37.6 Å². The van der Waals surface area contributed by atoms with Gasteiger partial charge in [-0.2, -0.15) is 0 Å². The predicted octanol–water partition coefficient (Wildman–Crippen LogP) is 18.6. The fourth-order valence-electron chi connectivity index (χ4n) is 14.3. The maximum absolute atomic E-state index is 13.6. The van der Waals surface area contributed by atoms with Crippen LogP contribution in [-0.2, 0) is 32.7 Å². The summed E-state index contributed by atoms with van der Waals surface area (Å²) in [4.78, 5) is 37.1. The van der Waals surface area contributed by atoms with Crippen molar-refractivity contribution in [1.29, 1.82) is 0 Å². The van der Waals surface area contributed by atoms with Gasteiger partial charge in [-0.15, -0.1) is 0 Å². The van der Waals surface area contributed by atoms with Crippen molar-refractivity contribution in [2.75, 3.05) is 13.2 Å². The molecule has 4 rings (SSSR count). The number of phosphoric acid groups is 1. The molecule has 0 aromatic heterocycles. The Hall–Kier alpha value is 0.0497. The van der Waals surface area contributed by atoms with Gasteiger partial charge >= 0.3 is 57.5 Å². The fraction of sp³-hybridized carbons (Fsp3) is 0.935. The van der Waals surface area contributed by atoms with Gasteiger partial charge in [-0.05, 0) is 111 Å². The van der Waals surface area contributed by atoms with E-state index in [0.717, 1.165) is 75.0 Å². The summed E-state index contributed by atoms with van der Waals surface area (Å²) in [5, 5.41) is 0. The van der Waals surface area contributed by atoms with E-state index in [1.165, 1.54) is 179 Å². The molecule has 414 valence electrons. The number of esters is 2. The van der Waals surface area contributed by atoms with Crippen LogP contribution in [0.4, 0.5) is 0 Å². The molecule has 0 bridgehead atoms. The average Bonchev–Trinajstić information content (AvgIpc) is 3.70. The van der Waals surface area contributed by atoms with Crippen LogP contribution in [0.1, 0.15) is 299 Å². The van der Waals surface area contributed by atoms with Crippen LogP contribution in [0, 0.1) is 46.3 Å². The van der Waals surface area contributed by atoms with Crippen molar-refractivity contribution in [3.05, 3.63) is 11.6 Å². The van der Waals surface area contributed by atoms with Crippen LogP contribution >= 0.6 is 7.82 Å². The zero-order valence-electron chi connectivity index (χ0n) is 48.1. The number of fused-ring (bicyclic) bond motifs is 5. The van der Waals surface area contributed by atoms with Gasteiger partial charge in [-0.3, -0.25) is 18.6 Å². The molecule has 10 atom stereocenters. The third-order valence-corrected chi connectivity index (χ3v) is 19.7. The molecule has 0 saturated heterocycles. The molecule has 0 aromatic carbocycles. The first-order valence-corrected chi connectivity index (χ1v) is 32.4. The van der Waals surface area contributed by atoms with Crippen molar-refractivity contribution >= 4 is 57.5 Å². The number of phosphoric ester groups is 1. The topological polar surface area (TPSA) is 108 Å². The summed E-state index contributed by atoms with van der Waals surface area (Å²) < 4.78 is 36.6. The van der Waals surface area contributed by atoms with Crippen LogP contribution in [0.5, 0.6) is 0 Å². The number of hydrogen-bond donors (Lipinski definition) is 1. The van der Waals surface area contributed by atoms with Gasteiger partial charge in [0.25, 0.3) is 0 Å². The maximum atomic E-state index is 13.6. The standard InChI is InChI=1S/C62H113O8P.Ca/c1-8-10-12-14-16-18-20-22-24-26-28-30-32-37-59(63)67-48-54(69-60(64)38-33-31-29-27-25-23-21-19-17-15-13-11-9-2)49-68-71(65,66)70-53-43-45-61(6)52(47-53)39-40-55-57-42-41-56(51(5)36-34-35-50(3)4)62(57,7)46-44-58(55)61;/h39,50-51,53-58H,8-38,40-49H2,1-7H3,(H,65,66);/q;+2. The number of rotatable bonds is 41. The van der Waals surface area contributed by atoms with Gasteiger partial charge in [0.15, 0.2) is 6.10 Å². The molecule has 8 nitrogen and oxygen atoms in total. The molecule has 0 aliphatic heterocycles. The first-order valence-electron chi connectivity index (χ1n) is 30.9. The largest absolute Gasteiger partial charge is 2.00 e. The normalized spacial score (nSPS) is 26.4. The molecule has 10 heteroatoms. The van der Waals surface area contributed by atoms with Crippen LogP contribution in [0.15, 0.2) is 11.6 Å². The molecule has 0 aromatic rings. The molecule has 0 spiro atoms. The number of unbranched alkanes of at least 4 members (excludes halogenated alkanes) is 24. The van der Waals surface area contributed by atoms with E-state index >= 15 is 0 Å². The Morgan fingerprint density at radius 3 is 1.68 bits per heavy atom. The van der Waals surface area contributed by atoms with E-state index in [2.05, 4.69) is 54.5 Å². The molecule has 4 aliphatic rings. The quantitative estimate of drug-likeness (QED) is 0.0212. The molecule has 72 heavy (non-hydrogen) atoms. The van der Waals surface area contributed by atoms with E-state index in [1.54, 1.807) is 0 Å². The number of ether oxygens (including phenoxy) is 2. The van der Waals surface area contributed by atoms with Crippen molar-refractivity contribution in [2.45, 2.75) is 311 Å². The second kappa shape index (κ2) is 37.0. The van der Waals surface area contributed by atoms with E-state index in [4.69, 9.17) is 18.5 Å². The minimum atomic E-state index is -4.51. The van der Waals surface area contributed by atoms with Gasteiger partial charge in [0.1, 0.15) is 6.61 Å². The van der Waals surface area contributed by atoms with Crippen molar-refractivity contribution in [3.63, 3.8) is 0 Å². The monoisotopic (exact) mass is 1060 g/mol. The van der Waals surface area contributed by atoms with Crippen molar-refractivity contribution in [3.8, 4) is 0 Å². The molecule has 10 unspecified atom stereocenters. The van der Waals surface area contributed by atoms with Crippen molar-refractivity contribution in [2.24, 2.45) is 46.3 Å². The summed E-state index contributed by atoms with van der Waals surface area (Å²) >= 11 is 0. The molecule has 3 saturated carbocycles. The van der Waals surface area contributed by atoms with Crippen LogP contribution in [0.25, 0.3) is 0 Å². The van der Waals surface area contributed by atoms with E-state index in [-0.39, 0.29) is 68.8 Å². The Balaban J connectivity index is 0.0000137. The molecule has 0 heterocycles. The summed E-state index contributed by atoms with van der Waals surface area (Å²) in [6.07, 6.45) is 46.3. The zero-order valence-corrected chi connectivity index (χ0v) is 51.2. The molecule has 4 aliphatic carbocycles. The van der Waals surface area contributed by atoms with E-state index in [9.17, 15) is 19.0 Å². The fourth-order valence-corrected chi connectivity index (χ4v) is 15.3. The Kier molecular flexibility index (Phi) is 34.1. The summed E-state index contributed by atoms with van der Waals surface area (Å²) in [6.45, 7) is 16.3. The Bertz CT molecular complexity index is 1540. The molecule has 0 amide bonds. The minimum Gasteiger partial charge on any atom is -0.462 e. The number of carbonyl (C=O) groups is 2. The zero-order chi connectivity index (χ0) is 51.4. The van der Waals surface area contributed by atoms with E-state index in [0.29, 0.717) is 36.5 Å². The third-order valence-electron chi connectivity index (χ3n) is 18.7. The van der Waals surface area contributed by atoms with Gasteiger partial charge in [-0.1, -0.05) is 233 Å². The second-order valence-electron chi connectivity index (χ2n) is 24.8. The molecule has 3 fully saturated rings. The minimum absolute atomic E-state index is 0. The Labute approximate surface area is 474 Å². The summed E-state index contributed by atoms with van der Waals surface area (Å²) in [7, 11) is -4.51. The maximum Gasteiger partial charge on any atom is 2.00 e. The van der Waals surface area contributed by atoms with Gasteiger partial charge in [0, 0.05) is 12.8 Å². The molecular formula is C62H113CaO8P+2. The predicted molar refractivity (Wildman–Crippen MR) is 301 cm³/mol. The summed E-state index contributed by atoms with van der Waals surface area (Å²) in [6, 6.07) is 0. The molecule has 0 radical (unpaired) electrons. The first-order chi connectivity index (χ1) is 34.2. The summed E-state index contributed by atoms with van der Waals surface area (Å²) in [5.74, 6) is 3.81. The smallest absolute Gasteiger partial charge is 0.462 e. The van der Waals surface area contributed by atoms with Crippen LogP contribution in [0.2, 0.25) is 0 Å². The SMILES string of the molecule is CCCCCCCCCCCCCCCC(=O)OCC(COP(=O)(O)OC1CCC2(C)C(=CCC3C2CCC2(C)C(C(C)CCCC(C)C)CCC32)C1)OC(=O)CCCCCCCCCCCCCCC.[Ca+2]. The molecular weight excluding hydrogens is 944 g/mol. The summed E-state index contributed by atoms with van der Waals surface area (Å²) in [5.41, 5.74) is 1.92. The van der Waals surface area contributed by atoms with Crippen LogP contribution in [-0.4, -0.2) is 80.0 Å². The molecule has 1 N–H and O–H groups in total. The third kappa shape index (κ3) is 24.0. The number of hydrogen-bond acceptors (Lipinski definition) is 7. The van der Waals surface area contributed by atoms with Gasteiger partial charge in [-0.25, -0.2) is 4.57 Å². The Morgan fingerprint density at radius 2 is 1.15 bits per heavy atom. The van der Waals surface area contributed by atoms with Gasteiger partial charge < -0.3 is 14.4 Å². The van der Waals surface area contributed by atoms with E-state index < -0.39 is 26.0 Å². The number of allylic oxidation sites excluding steroid dienone is 1.